The third-order valence-corrected chi connectivity index (χ3v) is 2.50. The average Bonchev–Trinajstić information content (AvgIpc) is 2.24. The molecule has 4 heteroatoms. The molecule has 0 saturated heterocycles. The van der Waals surface area contributed by atoms with Crippen molar-refractivity contribution in [2.75, 3.05) is 0 Å². The fourth-order valence-corrected chi connectivity index (χ4v) is 1.09. The standard InChI is InChI=1S/C7H6BrF.C5H12.C2H5NO/c1-5-2-3-7(9)6(8)4-5;1-4-5(2)3;1-2(3)4/h2-4H,1H3;5H,4H2,1-3H3;1H3,(H2,3,4). The summed E-state index contributed by atoms with van der Waals surface area (Å²) >= 11 is 3.07. The second-order valence-electron chi connectivity index (χ2n) is 4.33. The van der Waals surface area contributed by atoms with Gasteiger partial charge in [0.05, 0.1) is 4.47 Å². The van der Waals surface area contributed by atoms with Crippen molar-refractivity contribution >= 4 is 21.8 Å². The van der Waals surface area contributed by atoms with Gasteiger partial charge in [0.15, 0.2) is 0 Å². The zero-order valence-corrected chi connectivity index (χ0v) is 13.3. The minimum atomic E-state index is -0.333. The molecule has 1 aromatic rings. The molecule has 1 amide bonds. The van der Waals surface area contributed by atoms with E-state index in [1.807, 2.05) is 6.92 Å². The summed E-state index contributed by atoms with van der Waals surface area (Å²) in [6.45, 7) is 9.87. The van der Waals surface area contributed by atoms with E-state index in [0.717, 1.165) is 11.5 Å². The van der Waals surface area contributed by atoms with Crippen LogP contribution in [-0.4, -0.2) is 5.91 Å². The summed E-state index contributed by atoms with van der Waals surface area (Å²) in [6.07, 6.45) is 1.31. The van der Waals surface area contributed by atoms with Crippen LogP contribution in [0, 0.1) is 18.7 Å². The minimum absolute atomic E-state index is 0.208. The molecule has 0 heterocycles. The van der Waals surface area contributed by atoms with Gasteiger partial charge in [0.25, 0.3) is 0 Å². The number of rotatable bonds is 1. The van der Waals surface area contributed by atoms with E-state index in [0.29, 0.717) is 4.47 Å². The van der Waals surface area contributed by atoms with Crippen LogP contribution >= 0.6 is 15.9 Å². The molecule has 0 saturated carbocycles. The molecule has 0 atom stereocenters. The van der Waals surface area contributed by atoms with E-state index in [4.69, 9.17) is 0 Å². The van der Waals surface area contributed by atoms with Gasteiger partial charge in [0, 0.05) is 6.92 Å². The molecule has 1 aromatic carbocycles. The van der Waals surface area contributed by atoms with Gasteiger partial charge < -0.3 is 5.73 Å². The molecule has 1 rings (SSSR count). The van der Waals surface area contributed by atoms with E-state index in [9.17, 15) is 9.18 Å². The van der Waals surface area contributed by atoms with Gasteiger partial charge in [-0.05, 0) is 46.5 Å². The van der Waals surface area contributed by atoms with Crippen LogP contribution in [0.2, 0.25) is 0 Å². The maximum Gasteiger partial charge on any atom is 0.214 e. The van der Waals surface area contributed by atoms with Crippen molar-refractivity contribution in [2.24, 2.45) is 11.7 Å². The third-order valence-electron chi connectivity index (χ3n) is 1.89. The quantitative estimate of drug-likeness (QED) is 0.817. The van der Waals surface area contributed by atoms with Crippen LogP contribution in [0.3, 0.4) is 0 Å². The van der Waals surface area contributed by atoms with E-state index in [-0.39, 0.29) is 11.7 Å². The Morgan fingerprint density at radius 3 is 2.06 bits per heavy atom. The van der Waals surface area contributed by atoms with Crippen LogP contribution < -0.4 is 5.73 Å². The van der Waals surface area contributed by atoms with Crippen LogP contribution in [0.5, 0.6) is 0 Å². The predicted molar refractivity (Wildman–Crippen MR) is 78.8 cm³/mol. The summed E-state index contributed by atoms with van der Waals surface area (Å²) < 4.78 is 13.0. The van der Waals surface area contributed by atoms with Crippen LogP contribution in [0.4, 0.5) is 4.39 Å². The Bertz CT molecular complexity index is 350. The molecule has 0 radical (unpaired) electrons. The molecule has 0 aromatic heterocycles. The zero-order valence-electron chi connectivity index (χ0n) is 11.8. The molecule has 0 aliphatic rings. The van der Waals surface area contributed by atoms with E-state index in [1.54, 1.807) is 12.1 Å². The average molecular weight is 320 g/mol. The lowest BCUT2D eigenvalue weighted by Gasteiger charge is -1.93. The summed E-state index contributed by atoms with van der Waals surface area (Å²) in [5, 5.41) is 0. The highest BCUT2D eigenvalue weighted by molar-refractivity contribution is 9.10. The van der Waals surface area contributed by atoms with Crippen molar-refractivity contribution in [3.63, 3.8) is 0 Å². The fourth-order valence-electron chi connectivity index (χ4n) is 0.601. The smallest absolute Gasteiger partial charge is 0.214 e. The van der Waals surface area contributed by atoms with Gasteiger partial charge in [-0.2, -0.15) is 0 Å². The molecular formula is C14H23BrFNO. The molecule has 18 heavy (non-hydrogen) atoms. The van der Waals surface area contributed by atoms with Gasteiger partial charge in [0.2, 0.25) is 5.91 Å². The van der Waals surface area contributed by atoms with Gasteiger partial charge in [-0.1, -0.05) is 33.3 Å². The lowest BCUT2D eigenvalue weighted by molar-refractivity contribution is -0.115. The van der Waals surface area contributed by atoms with Gasteiger partial charge in [0.1, 0.15) is 5.82 Å². The van der Waals surface area contributed by atoms with Crippen molar-refractivity contribution in [1.29, 1.82) is 0 Å². The van der Waals surface area contributed by atoms with Gasteiger partial charge in [-0.25, -0.2) is 4.39 Å². The molecule has 0 spiro atoms. The number of aryl methyl sites for hydroxylation is 1. The Kier molecular flexibility index (Phi) is 12.1. The predicted octanol–water partition coefficient (Wildman–Crippen LogP) is 4.44. The second-order valence-corrected chi connectivity index (χ2v) is 5.18. The molecule has 0 unspecified atom stereocenters. The first-order valence-electron chi connectivity index (χ1n) is 5.88. The molecule has 2 nitrogen and oxygen atoms in total. The maximum absolute atomic E-state index is 12.5. The summed E-state index contributed by atoms with van der Waals surface area (Å²) in [4.78, 5) is 9.22. The van der Waals surface area contributed by atoms with Crippen LogP contribution in [0.25, 0.3) is 0 Å². The lowest BCUT2D eigenvalue weighted by atomic mass is 10.2. The Balaban J connectivity index is 0. The number of amides is 1. The number of carbonyl (C=O) groups excluding carboxylic acids is 1. The van der Waals surface area contributed by atoms with Crippen LogP contribution in [-0.2, 0) is 4.79 Å². The minimum Gasteiger partial charge on any atom is -0.370 e. The Hall–Kier alpha value is -0.900. The van der Waals surface area contributed by atoms with E-state index >= 15 is 0 Å². The largest absolute Gasteiger partial charge is 0.370 e. The summed E-state index contributed by atoms with van der Waals surface area (Å²) in [7, 11) is 0. The molecule has 0 aliphatic carbocycles. The first-order valence-corrected chi connectivity index (χ1v) is 6.67. The second kappa shape index (κ2) is 11.2. The monoisotopic (exact) mass is 319 g/mol. The SMILES string of the molecule is CC(N)=O.CCC(C)C.Cc1ccc(F)c(Br)c1. The summed E-state index contributed by atoms with van der Waals surface area (Å²) in [5.74, 6) is 0.343. The molecule has 0 aliphatic heterocycles. The number of nitrogens with two attached hydrogens (primary N) is 1. The molecule has 104 valence electrons. The fraction of sp³-hybridized carbons (Fsp3) is 0.500. The first kappa shape index (κ1) is 19.4. The highest BCUT2D eigenvalue weighted by atomic mass is 79.9. The van der Waals surface area contributed by atoms with Crippen molar-refractivity contribution in [3.8, 4) is 0 Å². The van der Waals surface area contributed by atoms with Gasteiger partial charge in [-0.15, -0.1) is 0 Å². The van der Waals surface area contributed by atoms with Gasteiger partial charge in [-0.3, -0.25) is 4.79 Å². The number of hydrogen-bond acceptors (Lipinski definition) is 1. The molecule has 0 fully saturated rings. The lowest BCUT2D eigenvalue weighted by Crippen LogP contribution is -2.01. The Morgan fingerprint density at radius 2 is 1.83 bits per heavy atom. The van der Waals surface area contributed by atoms with Crippen LogP contribution in [0.15, 0.2) is 22.7 Å². The normalized spacial score (nSPS) is 8.89. The highest BCUT2D eigenvalue weighted by Gasteiger charge is 1.94. The Morgan fingerprint density at radius 1 is 1.44 bits per heavy atom. The van der Waals surface area contributed by atoms with E-state index in [2.05, 4.69) is 42.4 Å². The van der Waals surface area contributed by atoms with Crippen LogP contribution in [0.1, 0.15) is 39.7 Å². The summed E-state index contributed by atoms with van der Waals surface area (Å²) in [5.41, 5.74) is 5.53. The molecule has 0 bridgehead atoms. The van der Waals surface area contributed by atoms with Crippen molar-refractivity contribution in [3.05, 3.63) is 34.1 Å². The number of halogens is 2. The van der Waals surface area contributed by atoms with Crippen molar-refractivity contribution in [1.82, 2.24) is 0 Å². The van der Waals surface area contributed by atoms with Gasteiger partial charge >= 0.3 is 0 Å². The number of primary amides is 1. The number of carbonyl (C=O) groups is 1. The first-order chi connectivity index (χ1) is 8.20. The van der Waals surface area contributed by atoms with E-state index < -0.39 is 0 Å². The molecular weight excluding hydrogens is 297 g/mol. The number of hydrogen-bond donors (Lipinski definition) is 1. The molecule has 2 N–H and O–H groups in total. The topological polar surface area (TPSA) is 43.1 Å². The summed E-state index contributed by atoms with van der Waals surface area (Å²) in [6, 6.07) is 4.93. The highest BCUT2D eigenvalue weighted by Crippen LogP contribution is 2.15. The van der Waals surface area contributed by atoms with Crippen molar-refractivity contribution < 1.29 is 9.18 Å². The Labute approximate surface area is 118 Å². The maximum atomic E-state index is 12.5. The third kappa shape index (κ3) is 15.1. The van der Waals surface area contributed by atoms with E-state index in [1.165, 1.54) is 19.4 Å². The zero-order chi connectivity index (χ0) is 14.7. The van der Waals surface area contributed by atoms with Crippen molar-refractivity contribution in [2.45, 2.75) is 41.0 Å². The number of benzene rings is 1.